The Hall–Kier alpha value is 0.310. The van der Waals surface area contributed by atoms with Gasteiger partial charge in [0.05, 0.1) is 0 Å². The van der Waals surface area contributed by atoms with Crippen LogP contribution in [-0.2, 0) is 4.74 Å². The van der Waals surface area contributed by atoms with Gasteiger partial charge in [-0.15, -0.1) is 0 Å². The molecule has 0 saturated heterocycles. The van der Waals surface area contributed by atoms with E-state index in [9.17, 15) is 0 Å². The van der Waals surface area contributed by atoms with Crippen LogP contribution in [0.2, 0.25) is 0 Å². The van der Waals surface area contributed by atoms with Crippen LogP contribution in [0.1, 0.15) is 20.3 Å². The minimum absolute atomic E-state index is 0.333. The maximum atomic E-state index is 4.92. The second-order valence-corrected chi connectivity index (χ2v) is 2.56. The summed E-state index contributed by atoms with van der Waals surface area (Å²) in [5.74, 6) is 0. The maximum absolute atomic E-state index is 4.92. The van der Waals surface area contributed by atoms with E-state index in [-0.39, 0.29) is 4.93 Å². The van der Waals surface area contributed by atoms with Gasteiger partial charge in [0.1, 0.15) is 4.93 Å². The normalized spacial score (nSPS) is 18.9. The predicted molar refractivity (Wildman–Crippen MR) is 33.3 cm³/mol. The molecule has 0 rings (SSSR count). The molecule has 0 fully saturated rings. The van der Waals surface area contributed by atoms with Crippen LogP contribution >= 0.6 is 12.6 Å². The maximum Gasteiger partial charge on any atom is 0.120 e. The third-order valence-corrected chi connectivity index (χ3v) is 1.53. The van der Waals surface area contributed by atoms with Crippen molar-refractivity contribution in [2.24, 2.45) is 0 Å². The van der Waals surface area contributed by atoms with E-state index in [2.05, 4.69) is 0 Å². The number of hydrogen-bond acceptors (Lipinski definition) is 1. The van der Waals surface area contributed by atoms with E-state index in [4.69, 9.17) is 17.4 Å². The number of hydrogen-bond donors (Lipinski definition) is 0. The van der Waals surface area contributed by atoms with Gasteiger partial charge in [-0.3, -0.25) is 0 Å². The minimum atomic E-state index is -0.333. The molecule has 0 amide bonds. The molecular weight excluding hydrogens is 108 g/mol. The van der Waals surface area contributed by atoms with Gasteiger partial charge in [0, 0.05) is 7.11 Å². The first kappa shape index (κ1) is 7.31. The fourth-order valence-electron chi connectivity index (χ4n) is 0.144. The van der Waals surface area contributed by atoms with Crippen LogP contribution in [0.3, 0.4) is 0 Å². The summed E-state index contributed by atoms with van der Waals surface area (Å²) < 4.78 is 4.90. The first-order chi connectivity index (χ1) is 3.12. The van der Waals surface area contributed by atoms with E-state index in [1.807, 2.05) is 13.8 Å². The number of methoxy groups -OCH3 is 1. The highest BCUT2D eigenvalue weighted by atomic mass is 32.1. The van der Waals surface area contributed by atoms with Crippen LogP contribution < -0.4 is 0 Å². The van der Waals surface area contributed by atoms with E-state index in [1.54, 1.807) is 7.11 Å². The monoisotopic (exact) mass is 119 g/mol. The molecule has 0 bridgehead atoms. The van der Waals surface area contributed by atoms with E-state index in [0.717, 1.165) is 6.42 Å². The van der Waals surface area contributed by atoms with Crippen molar-refractivity contribution in [2.75, 3.05) is 7.11 Å². The fraction of sp³-hybridized carbons (Fsp3) is 1.00. The zero-order valence-electron chi connectivity index (χ0n) is 5.02. The van der Waals surface area contributed by atoms with Crippen LogP contribution in [0, 0.1) is 0 Å². The first-order valence-electron chi connectivity index (χ1n) is 2.38. The topological polar surface area (TPSA) is 9.23 Å². The Morgan fingerprint density at radius 1 is 1.71 bits per heavy atom. The Morgan fingerprint density at radius 2 is 2.14 bits per heavy atom. The minimum Gasteiger partial charge on any atom is -0.367 e. The van der Waals surface area contributed by atoms with Crippen molar-refractivity contribution < 1.29 is 4.74 Å². The fourth-order valence-corrected chi connectivity index (χ4v) is 0.144. The molecule has 1 nitrogen and oxygen atoms in total. The lowest BCUT2D eigenvalue weighted by molar-refractivity contribution is 0.0860. The molecule has 1 radical (unpaired) electrons. The molecule has 0 spiro atoms. The molecule has 0 aliphatic rings. The zero-order valence-corrected chi connectivity index (χ0v) is 5.84. The predicted octanol–water partition coefficient (Wildman–Crippen LogP) is 1.96. The summed E-state index contributed by atoms with van der Waals surface area (Å²) in [4.78, 5) is -0.333. The summed E-state index contributed by atoms with van der Waals surface area (Å²) in [5, 5.41) is 0. The SMILES string of the molecule is CCC(C)([S])OC. The average Bonchev–Trinajstić information content (AvgIpc) is 1.68. The van der Waals surface area contributed by atoms with Crippen LogP contribution in [-0.4, -0.2) is 12.0 Å². The highest BCUT2D eigenvalue weighted by molar-refractivity contribution is 7.81. The van der Waals surface area contributed by atoms with Crippen LogP contribution in [0.15, 0.2) is 0 Å². The summed E-state index contributed by atoms with van der Waals surface area (Å²) in [6.07, 6.45) is 0.888. The highest BCUT2D eigenvalue weighted by Gasteiger charge is 2.13. The van der Waals surface area contributed by atoms with Gasteiger partial charge < -0.3 is 4.74 Å². The molecule has 7 heavy (non-hydrogen) atoms. The Morgan fingerprint density at radius 3 is 2.14 bits per heavy atom. The molecule has 0 saturated carbocycles. The lowest BCUT2D eigenvalue weighted by Crippen LogP contribution is -2.16. The Labute approximate surface area is 50.5 Å². The van der Waals surface area contributed by atoms with Gasteiger partial charge in [0.15, 0.2) is 0 Å². The van der Waals surface area contributed by atoms with Gasteiger partial charge >= 0.3 is 0 Å². The van der Waals surface area contributed by atoms with E-state index < -0.39 is 0 Å². The summed E-state index contributed by atoms with van der Waals surface area (Å²) in [5.41, 5.74) is 0. The van der Waals surface area contributed by atoms with Gasteiger partial charge in [-0.05, 0) is 13.3 Å². The van der Waals surface area contributed by atoms with Gasteiger partial charge in [-0.2, -0.15) is 0 Å². The molecule has 0 aliphatic carbocycles. The van der Waals surface area contributed by atoms with E-state index in [0.29, 0.717) is 0 Å². The van der Waals surface area contributed by atoms with Gasteiger partial charge in [0.25, 0.3) is 0 Å². The average molecular weight is 119 g/mol. The van der Waals surface area contributed by atoms with Crippen molar-refractivity contribution in [1.29, 1.82) is 0 Å². The molecule has 0 N–H and O–H groups in total. The standard InChI is InChI=1S/C5H11OS/c1-4-5(2,7)6-3/h4H2,1-3H3. The van der Waals surface area contributed by atoms with Crippen LogP contribution in [0.25, 0.3) is 0 Å². The van der Waals surface area contributed by atoms with Crippen molar-refractivity contribution in [1.82, 2.24) is 0 Å². The molecule has 0 aliphatic heterocycles. The van der Waals surface area contributed by atoms with Crippen molar-refractivity contribution in [2.45, 2.75) is 25.2 Å². The van der Waals surface area contributed by atoms with Crippen LogP contribution in [0.5, 0.6) is 0 Å². The van der Waals surface area contributed by atoms with Crippen molar-refractivity contribution in [3.8, 4) is 0 Å². The second-order valence-electron chi connectivity index (χ2n) is 1.69. The smallest absolute Gasteiger partial charge is 0.120 e. The lowest BCUT2D eigenvalue weighted by Gasteiger charge is -2.16. The Bertz CT molecular complexity index is 46.0. The first-order valence-corrected chi connectivity index (χ1v) is 2.79. The van der Waals surface area contributed by atoms with Crippen LogP contribution in [0.4, 0.5) is 0 Å². The third kappa shape index (κ3) is 2.94. The Balaban J connectivity index is 3.36. The van der Waals surface area contributed by atoms with E-state index >= 15 is 0 Å². The Kier molecular flexibility index (Phi) is 2.69. The van der Waals surface area contributed by atoms with Crippen molar-refractivity contribution in [3.63, 3.8) is 0 Å². The summed E-state index contributed by atoms with van der Waals surface area (Å²) in [6.45, 7) is 3.90. The molecule has 2 heteroatoms. The lowest BCUT2D eigenvalue weighted by atomic mass is 10.3. The quantitative estimate of drug-likeness (QED) is 0.540. The van der Waals surface area contributed by atoms with Gasteiger partial charge in [-0.1, -0.05) is 19.6 Å². The third-order valence-electron chi connectivity index (χ3n) is 1.07. The molecule has 1 unspecified atom stereocenters. The molecule has 0 heterocycles. The number of ether oxygens (including phenoxy) is 1. The molecule has 0 aromatic heterocycles. The molecule has 1 atom stereocenters. The summed E-state index contributed by atoms with van der Waals surface area (Å²) in [7, 11) is 1.64. The summed E-state index contributed by atoms with van der Waals surface area (Å²) in [6, 6.07) is 0. The van der Waals surface area contributed by atoms with Crippen molar-refractivity contribution >= 4 is 12.6 Å². The number of rotatable bonds is 2. The molecule has 43 valence electrons. The van der Waals surface area contributed by atoms with Gasteiger partial charge in [0.2, 0.25) is 0 Å². The molecule has 0 aromatic rings. The molecule has 0 aromatic carbocycles. The van der Waals surface area contributed by atoms with Crippen molar-refractivity contribution in [3.05, 3.63) is 0 Å². The molecular formula is C5H11OS. The summed E-state index contributed by atoms with van der Waals surface area (Å²) >= 11 is 4.92. The largest absolute Gasteiger partial charge is 0.367 e. The highest BCUT2D eigenvalue weighted by Crippen LogP contribution is 2.16. The van der Waals surface area contributed by atoms with Gasteiger partial charge in [-0.25, -0.2) is 0 Å². The zero-order chi connectivity index (χ0) is 5.91. The second kappa shape index (κ2) is 2.58. The van der Waals surface area contributed by atoms with E-state index in [1.165, 1.54) is 0 Å².